The van der Waals surface area contributed by atoms with E-state index in [2.05, 4.69) is 20.6 Å². The number of rotatable bonds is 4. The molecule has 0 saturated heterocycles. The van der Waals surface area contributed by atoms with Crippen LogP contribution in [0.25, 0.3) is 5.65 Å². The van der Waals surface area contributed by atoms with Gasteiger partial charge in [-0.05, 0) is 38.1 Å². The van der Waals surface area contributed by atoms with E-state index in [0.29, 0.717) is 16.0 Å². The fourth-order valence-corrected chi connectivity index (χ4v) is 2.13. The van der Waals surface area contributed by atoms with Crippen molar-refractivity contribution in [3.05, 3.63) is 41.6 Å². The Morgan fingerprint density at radius 3 is 2.58 bits per heavy atom. The second kappa shape index (κ2) is 5.48. The first-order valence-electron chi connectivity index (χ1n) is 7.00. The number of anilines is 1. The molecule has 3 aromatic rings. The molecule has 0 aliphatic heterocycles. The van der Waals surface area contributed by atoms with Crippen LogP contribution in [0.2, 0.25) is 0 Å². The summed E-state index contributed by atoms with van der Waals surface area (Å²) >= 11 is 0. The summed E-state index contributed by atoms with van der Waals surface area (Å²) in [5, 5.41) is 23.6. The monoisotopic (exact) mass is 341 g/mol. The van der Waals surface area contributed by atoms with Gasteiger partial charge in [0, 0.05) is 0 Å². The van der Waals surface area contributed by atoms with Crippen molar-refractivity contribution < 1.29 is 22.7 Å². The highest BCUT2D eigenvalue weighted by atomic mass is 19.4. The van der Waals surface area contributed by atoms with Crippen molar-refractivity contribution in [3.8, 4) is 0 Å². The second-order valence-electron chi connectivity index (χ2n) is 5.55. The number of fused-ring (bicyclic) bond motifs is 1. The van der Waals surface area contributed by atoms with Gasteiger partial charge >= 0.3 is 6.18 Å². The first-order chi connectivity index (χ1) is 11.2. The highest BCUT2D eigenvalue weighted by Gasteiger charge is 2.37. The topological polar surface area (TPSA) is 88.5 Å². The van der Waals surface area contributed by atoms with E-state index in [1.54, 1.807) is 19.1 Å². The quantitative estimate of drug-likeness (QED) is 0.757. The molecule has 0 aliphatic carbocycles. The van der Waals surface area contributed by atoms with Crippen LogP contribution in [0.4, 0.5) is 19.0 Å². The van der Waals surface area contributed by atoms with E-state index in [9.17, 15) is 18.3 Å². The minimum absolute atomic E-state index is 0.0120. The maximum absolute atomic E-state index is 12.8. The van der Waals surface area contributed by atoms with Crippen molar-refractivity contribution in [2.45, 2.75) is 25.6 Å². The summed E-state index contributed by atoms with van der Waals surface area (Å²) in [6, 6.07) is 6.15. The molecule has 0 aromatic carbocycles. The molecule has 1 atom stereocenters. The van der Waals surface area contributed by atoms with E-state index in [-0.39, 0.29) is 18.0 Å². The number of furan rings is 1. The maximum Gasteiger partial charge on any atom is 0.453 e. The number of aliphatic hydroxyl groups is 1. The van der Waals surface area contributed by atoms with Gasteiger partial charge in [-0.15, -0.1) is 15.3 Å². The lowest BCUT2D eigenvalue weighted by atomic mass is 10.0. The summed E-state index contributed by atoms with van der Waals surface area (Å²) in [4.78, 5) is 0. The van der Waals surface area contributed by atoms with Crippen molar-refractivity contribution >= 4 is 11.5 Å². The predicted molar refractivity (Wildman–Crippen MR) is 77.3 cm³/mol. The number of aromatic nitrogens is 4. The Morgan fingerprint density at radius 1 is 1.21 bits per heavy atom. The van der Waals surface area contributed by atoms with E-state index in [0.717, 1.165) is 0 Å². The zero-order valence-corrected chi connectivity index (χ0v) is 12.8. The lowest BCUT2D eigenvalue weighted by Gasteiger charge is -2.21. The van der Waals surface area contributed by atoms with Gasteiger partial charge in [-0.3, -0.25) is 0 Å². The third kappa shape index (κ3) is 3.04. The molecular formula is C14H14F3N5O2. The zero-order chi connectivity index (χ0) is 17.5. The van der Waals surface area contributed by atoms with Crippen LogP contribution in [0.15, 0.2) is 28.7 Å². The highest BCUT2D eigenvalue weighted by Crippen LogP contribution is 2.28. The molecule has 24 heavy (non-hydrogen) atoms. The van der Waals surface area contributed by atoms with Gasteiger partial charge in [0.05, 0.1) is 6.54 Å². The fourth-order valence-electron chi connectivity index (χ4n) is 2.13. The van der Waals surface area contributed by atoms with Crippen LogP contribution < -0.4 is 5.32 Å². The lowest BCUT2D eigenvalue weighted by molar-refractivity contribution is -0.146. The molecule has 0 amide bonds. The smallest absolute Gasteiger partial charge is 0.453 e. The lowest BCUT2D eigenvalue weighted by Crippen LogP contribution is -2.30. The molecule has 0 spiro atoms. The van der Waals surface area contributed by atoms with Gasteiger partial charge in [-0.2, -0.15) is 17.7 Å². The van der Waals surface area contributed by atoms with Crippen molar-refractivity contribution in [3.63, 3.8) is 0 Å². The Balaban J connectivity index is 1.83. The van der Waals surface area contributed by atoms with E-state index < -0.39 is 17.6 Å². The molecular weight excluding hydrogens is 327 g/mol. The summed E-state index contributed by atoms with van der Waals surface area (Å²) in [5.74, 6) is -0.0936. The molecule has 1 unspecified atom stereocenters. The van der Waals surface area contributed by atoms with Gasteiger partial charge in [-0.25, -0.2) is 0 Å². The fraction of sp³-hybridized carbons (Fsp3) is 0.357. The standard InChI is InChI=1S/C14H14F3N5O2/c1-8-3-4-9(24-8)13(2,23)7-18-10-5-6-11-19-20-12(14(15,16)17)22(11)21-10/h3-6,23H,7H2,1-2H3,(H,18,21). The molecule has 0 bridgehead atoms. The first kappa shape index (κ1) is 16.2. The Bertz CT molecular complexity index is 869. The van der Waals surface area contributed by atoms with E-state index in [4.69, 9.17) is 4.42 Å². The van der Waals surface area contributed by atoms with Crippen LogP contribution in [0, 0.1) is 6.92 Å². The molecule has 3 heterocycles. The molecule has 7 nitrogen and oxygen atoms in total. The SMILES string of the molecule is Cc1ccc(C(C)(O)CNc2ccc3nnc(C(F)(F)F)n3n2)o1. The average Bonchev–Trinajstić information content (AvgIpc) is 3.10. The number of alkyl halides is 3. The molecule has 10 heteroatoms. The summed E-state index contributed by atoms with van der Waals surface area (Å²) in [7, 11) is 0. The molecule has 3 rings (SSSR count). The summed E-state index contributed by atoms with van der Waals surface area (Å²) in [6.07, 6.45) is -4.66. The summed E-state index contributed by atoms with van der Waals surface area (Å²) in [5.41, 5.74) is -1.38. The maximum atomic E-state index is 12.8. The van der Waals surface area contributed by atoms with Crippen molar-refractivity contribution in [1.29, 1.82) is 0 Å². The van der Waals surface area contributed by atoms with Gasteiger partial charge in [0.15, 0.2) is 5.65 Å². The summed E-state index contributed by atoms with van der Waals surface area (Å²) < 4.78 is 44.5. The number of hydrogen-bond donors (Lipinski definition) is 2. The van der Waals surface area contributed by atoms with Crippen LogP contribution in [0.3, 0.4) is 0 Å². The van der Waals surface area contributed by atoms with E-state index >= 15 is 0 Å². The van der Waals surface area contributed by atoms with Crippen LogP contribution in [-0.2, 0) is 11.8 Å². The van der Waals surface area contributed by atoms with E-state index in [1.165, 1.54) is 19.1 Å². The Labute approximate surface area is 134 Å². The number of aryl methyl sites for hydroxylation is 1. The first-order valence-corrected chi connectivity index (χ1v) is 7.00. The van der Waals surface area contributed by atoms with Crippen LogP contribution >= 0.6 is 0 Å². The van der Waals surface area contributed by atoms with Gasteiger partial charge < -0.3 is 14.8 Å². The van der Waals surface area contributed by atoms with Gasteiger partial charge in [0.1, 0.15) is 22.9 Å². The molecule has 0 fully saturated rings. The second-order valence-corrected chi connectivity index (χ2v) is 5.55. The average molecular weight is 341 g/mol. The third-order valence-electron chi connectivity index (χ3n) is 3.40. The van der Waals surface area contributed by atoms with Crippen molar-refractivity contribution in [2.75, 3.05) is 11.9 Å². The molecule has 128 valence electrons. The van der Waals surface area contributed by atoms with Crippen LogP contribution in [0.1, 0.15) is 24.3 Å². The van der Waals surface area contributed by atoms with E-state index in [1.807, 2.05) is 0 Å². The van der Waals surface area contributed by atoms with Gasteiger partial charge in [-0.1, -0.05) is 0 Å². The predicted octanol–water partition coefficient (Wildman–Crippen LogP) is 2.36. The molecule has 0 radical (unpaired) electrons. The van der Waals surface area contributed by atoms with Crippen molar-refractivity contribution in [2.24, 2.45) is 0 Å². The largest absolute Gasteiger partial charge is 0.463 e. The molecule has 2 N–H and O–H groups in total. The molecule has 0 aliphatic rings. The summed E-state index contributed by atoms with van der Waals surface area (Å²) in [6.45, 7) is 3.26. The van der Waals surface area contributed by atoms with Crippen molar-refractivity contribution in [1.82, 2.24) is 19.8 Å². The van der Waals surface area contributed by atoms with Gasteiger partial charge in [0.25, 0.3) is 5.82 Å². The Kier molecular flexibility index (Phi) is 3.71. The normalized spacial score (nSPS) is 14.8. The Hall–Kier alpha value is -2.62. The van der Waals surface area contributed by atoms with Gasteiger partial charge in [0.2, 0.25) is 0 Å². The zero-order valence-electron chi connectivity index (χ0n) is 12.8. The Morgan fingerprint density at radius 2 is 1.96 bits per heavy atom. The number of nitrogens with zero attached hydrogens (tertiary/aromatic N) is 4. The van der Waals surface area contributed by atoms with Crippen LogP contribution in [0.5, 0.6) is 0 Å². The minimum Gasteiger partial charge on any atom is -0.463 e. The third-order valence-corrected chi connectivity index (χ3v) is 3.40. The number of hydrogen-bond acceptors (Lipinski definition) is 6. The molecule has 0 saturated carbocycles. The molecule has 3 aromatic heterocycles. The van der Waals surface area contributed by atoms with Crippen LogP contribution in [-0.4, -0.2) is 31.5 Å². The number of nitrogens with one attached hydrogen (secondary N) is 1. The number of halogens is 3. The highest BCUT2D eigenvalue weighted by molar-refractivity contribution is 5.44. The minimum atomic E-state index is -4.66.